The number of nitrogens with one attached hydrogen (secondary N) is 5. The predicted octanol–water partition coefficient (Wildman–Crippen LogP) is -3.41. The first-order chi connectivity index (χ1) is 16.6. The molecule has 0 spiro atoms. The minimum absolute atomic E-state index is 0.00527. The second-order valence-electron chi connectivity index (χ2n) is 7.54. The number of aliphatic carboxylic acids is 1. The number of carbonyl (C=O) groups excluding carboxylic acids is 4. The van der Waals surface area contributed by atoms with E-state index in [1.165, 1.54) is 25.0 Å². The van der Waals surface area contributed by atoms with Gasteiger partial charge in [-0.2, -0.15) is 12.6 Å². The Kier molecular flexibility index (Phi) is 10.2. The number of rotatable bonds is 14. The third-order valence-corrected chi connectivity index (χ3v) is 5.14. The lowest BCUT2D eigenvalue weighted by atomic mass is 10.1. The number of carboxylic acids is 1. The van der Waals surface area contributed by atoms with E-state index in [1.807, 2.05) is 0 Å². The molecule has 0 bridgehead atoms. The van der Waals surface area contributed by atoms with Crippen LogP contribution in [0.4, 0.5) is 0 Å². The minimum Gasteiger partial charge on any atom is -0.480 e. The number of nitrogens with zero attached hydrogens (tertiary/aromatic N) is 2. The number of aromatic amines is 2. The number of amides is 4. The van der Waals surface area contributed by atoms with Crippen LogP contribution in [0.25, 0.3) is 0 Å². The van der Waals surface area contributed by atoms with Crippen LogP contribution < -0.4 is 27.4 Å². The Balaban J connectivity index is 2.09. The smallest absolute Gasteiger partial charge is 0.326 e. The van der Waals surface area contributed by atoms with Crippen LogP contribution in [0.1, 0.15) is 17.8 Å². The zero-order chi connectivity index (χ0) is 26.0. The molecule has 16 heteroatoms. The van der Waals surface area contributed by atoms with E-state index in [1.54, 1.807) is 0 Å². The molecule has 15 nitrogen and oxygen atoms in total. The van der Waals surface area contributed by atoms with Gasteiger partial charge in [0.25, 0.3) is 0 Å². The van der Waals surface area contributed by atoms with Gasteiger partial charge in [-0.1, -0.05) is 0 Å². The molecule has 10 N–H and O–H groups in total. The summed E-state index contributed by atoms with van der Waals surface area (Å²) in [6.45, 7) is 0. The highest BCUT2D eigenvalue weighted by molar-refractivity contribution is 7.80. The SMILES string of the molecule is NC(=O)CC(NC(=O)C(CS)NC(=O)C(Cc1cnc[nH]1)NC(=O)C(N)Cc1cnc[nH]1)C(=O)O. The zero-order valence-electron chi connectivity index (χ0n) is 18.4. The Morgan fingerprint density at radius 1 is 0.886 bits per heavy atom. The number of H-pyrrole nitrogens is 2. The summed E-state index contributed by atoms with van der Waals surface area (Å²) in [7, 11) is 0. The average molecular weight is 510 g/mol. The van der Waals surface area contributed by atoms with E-state index in [4.69, 9.17) is 11.5 Å². The molecule has 2 heterocycles. The summed E-state index contributed by atoms with van der Waals surface area (Å²) in [5.41, 5.74) is 12.1. The summed E-state index contributed by atoms with van der Waals surface area (Å²) in [6.07, 6.45) is 5.31. The molecule has 35 heavy (non-hydrogen) atoms. The van der Waals surface area contributed by atoms with E-state index in [-0.39, 0.29) is 18.6 Å². The molecule has 4 atom stereocenters. The van der Waals surface area contributed by atoms with E-state index >= 15 is 0 Å². The number of primary amides is 1. The predicted molar refractivity (Wildman–Crippen MR) is 124 cm³/mol. The minimum atomic E-state index is -1.58. The van der Waals surface area contributed by atoms with Crippen LogP contribution >= 0.6 is 12.6 Å². The van der Waals surface area contributed by atoms with Gasteiger partial charge in [-0.15, -0.1) is 0 Å². The molecule has 0 aliphatic rings. The highest BCUT2D eigenvalue weighted by Crippen LogP contribution is 2.03. The fraction of sp³-hybridized carbons (Fsp3) is 0.421. The number of hydrogen-bond donors (Lipinski definition) is 9. The Morgan fingerprint density at radius 3 is 1.89 bits per heavy atom. The maximum Gasteiger partial charge on any atom is 0.326 e. The van der Waals surface area contributed by atoms with Gasteiger partial charge in [0.05, 0.1) is 25.1 Å². The number of carboxylic acid groups (broad SMARTS) is 1. The second kappa shape index (κ2) is 13.1. The van der Waals surface area contributed by atoms with Crippen LogP contribution in [0, 0.1) is 0 Å². The molecule has 0 aliphatic heterocycles. The summed E-state index contributed by atoms with van der Waals surface area (Å²) in [5.74, 6) is -4.89. The Hall–Kier alpha value is -3.92. The second-order valence-corrected chi connectivity index (χ2v) is 7.91. The number of thiol groups is 1. The summed E-state index contributed by atoms with van der Waals surface area (Å²) < 4.78 is 0. The Labute approximate surface area is 204 Å². The van der Waals surface area contributed by atoms with Crippen LogP contribution in [0.3, 0.4) is 0 Å². The lowest BCUT2D eigenvalue weighted by molar-refractivity contribution is -0.143. The number of carbonyl (C=O) groups is 5. The molecule has 2 rings (SSSR count). The molecule has 4 unspecified atom stereocenters. The maximum absolute atomic E-state index is 13.0. The van der Waals surface area contributed by atoms with Crippen molar-refractivity contribution in [1.29, 1.82) is 0 Å². The molecule has 0 saturated carbocycles. The Bertz CT molecular complexity index is 1010. The molecule has 0 saturated heterocycles. The van der Waals surface area contributed by atoms with Gasteiger partial charge in [0, 0.05) is 42.4 Å². The lowest BCUT2D eigenvalue weighted by Crippen LogP contribution is -2.58. The van der Waals surface area contributed by atoms with Crippen molar-refractivity contribution in [2.45, 2.75) is 43.4 Å². The normalized spacial score (nSPS) is 14.2. The van der Waals surface area contributed by atoms with Crippen LogP contribution in [-0.4, -0.2) is 84.6 Å². The van der Waals surface area contributed by atoms with Crippen molar-refractivity contribution in [2.24, 2.45) is 11.5 Å². The van der Waals surface area contributed by atoms with Crippen LogP contribution in [0.15, 0.2) is 25.0 Å². The van der Waals surface area contributed by atoms with Crippen molar-refractivity contribution in [3.8, 4) is 0 Å². The first-order valence-electron chi connectivity index (χ1n) is 10.3. The highest BCUT2D eigenvalue weighted by atomic mass is 32.1. The fourth-order valence-corrected chi connectivity index (χ4v) is 3.23. The quantitative estimate of drug-likeness (QED) is 0.115. The van der Waals surface area contributed by atoms with Crippen molar-refractivity contribution < 1.29 is 29.1 Å². The molecule has 0 aliphatic carbocycles. The van der Waals surface area contributed by atoms with Gasteiger partial charge in [0.15, 0.2) is 0 Å². The summed E-state index contributed by atoms with van der Waals surface area (Å²) >= 11 is 4.04. The molecule has 4 amide bonds. The van der Waals surface area contributed by atoms with E-state index in [9.17, 15) is 29.1 Å². The van der Waals surface area contributed by atoms with E-state index in [2.05, 4.69) is 48.5 Å². The van der Waals surface area contributed by atoms with Crippen molar-refractivity contribution in [1.82, 2.24) is 35.9 Å². The number of nitrogens with two attached hydrogens (primary N) is 2. The third kappa shape index (κ3) is 8.74. The molecule has 190 valence electrons. The van der Waals surface area contributed by atoms with Crippen molar-refractivity contribution >= 4 is 42.2 Å². The summed E-state index contributed by atoms with van der Waals surface area (Å²) in [5, 5.41) is 16.3. The van der Waals surface area contributed by atoms with Gasteiger partial charge in [-0.25, -0.2) is 14.8 Å². The monoisotopic (exact) mass is 509 g/mol. The fourth-order valence-electron chi connectivity index (χ4n) is 2.97. The highest BCUT2D eigenvalue weighted by Gasteiger charge is 2.30. The van der Waals surface area contributed by atoms with Crippen LogP contribution in [0.5, 0.6) is 0 Å². The van der Waals surface area contributed by atoms with Crippen LogP contribution in [-0.2, 0) is 36.8 Å². The number of hydrogen-bond acceptors (Lipinski definition) is 9. The summed E-state index contributed by atoms with van der Waals surface area (Å²) in [6, 6.07) is -5.02. The average Bonchev–Trinajstić information content (AvgIpc) is 3.50. The van der Waals surface area contributed by atoms with Gasteiger partial charge in [-0.05, 0) is 0 Å². The van der Waals surface area contributed by atoms with Gasteiger partial charge < -0.3 is 42.5 Å². The molecule has 2 aromatic rings. The van der Waals surface area contributed by atoms with E-state index < -0.39 is 60.2 Å². The summed E-state index contributed by atoms with van der Waals surface area (Å²) in [4.78, 5) is 73.9. The van der Waals surface area contributed by atoms with Gasteiger partial charge in [-0.3, -0.25) is 19.2 Å². The standard InChI is InChI=1S/C19H27N9O6S/c20-11(1-9-4-22-7-24-9)16(30)26-12(2-10-5-23-8-25-10)17(31)28-14(6-35)18(32)27-13(19(33)34)3-15(21)29/h4-5,7-8,11-14,35H,1-3,6,20H2,(H2,21,29)(H,22,24)(H,23,25)(H,26,30)(H,27,32)(H,28,31)(H,33,34). The first kappa shape index (κ1) is 27.3. The zero-order valence-corrected chi connectivity index (χ0v) is 19.3. The number of imidazole rings is 2. The topological polar surface area (TPSA) is 251 Å². The molecular formula is C19H27N9O6S. The third-order valence-electron chi connectivity index (χ3n) is 4.78. The van der Waals surface area contributed by atoms with Crippen molar-refractivity contribution in [3.05, 3.63) is 36.4 Å². The van der Waals surface area contributed by atoms with Gasteiger partial charge >= 0.3 is 5.97 Å². The maximum atomic E-state index is 13.0. The first-order valence-corrected chi connectivity index (χ1v) is 11.0. The number of aromatic nitrogens is 4. The van der Waals surface area contributed by atoms with E-state index in [0.29, 0.717) is 11.4 Å². The molecule has 0 radical (unpaired) electrons. The van der Waals surface area contributed by atoms with E-state index in [0.717, 1.165) is 0 Å². The van der Waals surface area contributed by atoms with Gasteiger partial charge in [0.1, 0.15) is 18.1 Å². The Morgan fingerprint density at radius 2 is 1.40 bits per heavy atom. The molecule has 0 aromatic carbocycles. The van der Waals surface area contributed by atoms with Crippen molar-refractivity contribution in [3.63, 3.8) is 0 Å². The van der Waals surface area contributed by atoms with Gasteiger partial charge in [0.2, 0.25) is 23.6 Å². The molecule has 0 fully saturated rings. The van der Waals surface area contributed by atoms with Crippen LogP contribution in [0.2, 0.25) is 0 Å². The lowest BCUT2D eigenvalue weighted by Gasteiger charge is -2.24. The molecule has 2 aromatic heterocycles. The largest absolute Gasteiger partial charge is 0.480 e. The van der Waals surface area contributed by atoms with Crippen molar-refractivity contribution in [2.75, 3.05) is 5.75 Å². The molecular weight excluding hydrogens is 482 g/mol.